The number of anilines is 3. The first kappa shape index (κ1) is 28.8. The third kappa shape index (κ3) is 6.85. The van der Waals surface area contributed by atoms with Gasteiger partial charge in [0.15, 0.2) is 0 Å². The second kappa shape index (κ2) is 12.9. The number of hydrogen-bond acceptors (Lipinski definition) is 9. The van der Waals surface area contributed by atoms with E-state index in [2.05, 4.69) is 44.0 Å². The molecule has 4 aromatic rings. The van der Waals surface area contributed by atoms with Crippen molar-refractivity contribution in [3.63, 3.8) is 0 Å². The van der Waals surface area contributed by atoms with Crippen LogP contribution in [0, 0.1) is 0 Å². The number of fused-ring (bicyclic) bond motifs is 1. The lowest BCUT2D eigenvalue weighted by Crippen LogP contribution is -2.54. The van der Waals surface area contributed by atoms with Crippen LogP contribution >= 0.6 is 11.3 Å². The number of benzene rings is 2. The minimum absolute atomic E-state index is 0.0627. The predicted octanol–water partition coefficient (Wildman–Crippen LogP) is 5.20. The van der Waals surface area contributed by atoms with Crippen molar-refractivity contribution in [2.24, 2.45) is 0 Å². The second-order valence-corrected chi connectivity index (χ2v) is 11.8. The van der Waals surface area contributed by atoms with Crippen molar-refractivity contribution in [1.82, 2.24) is 24.7 Å². The summed E-state index contributed by atoms with van der Waals surface area (Å²) >= 11 is 1.49. The van der Waals surface area contributed by atoms with Crippen LogP contribution in [0.5, 0.6) is 11.6 Å². The topological polar surface area (TPSA) is 103 Å². The van der Waals surface area contributed by atoms with Crippen molar-refractivity contribution in [1.29, 1.82) is 0 Å². The van der Waals surface area contributed by atoms with E-state index in [1.54, 1.807) is 24.3 Å². The molecule has 2 aromatic heterocycles. The van der Waals surface area contributed by atoms with Gasteiger partial charge in [0.2, 0.25) is 17.7 Å². The summed E-state index contributed by atoms with van der Waals surface area (Å²) in [5, 5.41) is 7.92. The van der Waals surface area contributed by atoms with E-state index >= 15 is 0 Å². The summed E-state index contributed by atoms with van der Waals surface area (Å²) in [6, 6.07) is 17.1. The highest BCUT2D eigenvalue weighted by Crippen LogP contribution is 2.34. The Balaban J connectivity index is 1.10. The molecule has 6 rings (SSSR count). The Morgan fingerprint density at radius 2 is 1.74 bits per heavy atom. The summed E-state index contributed by atoms with van der Waals surface area (Å²) in [5.41, 5.74) is 2.77. The van der Waals surface area contributed by atoms with Gasteiger partial charge in [-0.05, 0) is 86.9 Å². The smallest absolute Gasteiger partial charge is 0.253 e. The standard InChI is InChI=1S/C32H35N7O3S/c1-3-28(40)33-24-5-4-6-26(21-24)42-30-29-27(13-20-43-29)35-32(36-30)34-23-9-7-22(8-10-23)31(41)39-18-16-38(17-19-39)25-11-14-37(2)15-12-25/h3-10,13,20-21,25H,1,11-12,14-19H2,2H3,(H,33,40)(H,34,35,36). The first-order valence-electron chi connectivity index (χ1n) is 14.5. The minimum atomic E-state index is -0.301. The van der Waals surface area contributed by atoms with E-state index in [-0.39, 0.29) is 11.8 Å². The maximum atomic E-state index is 13.2. The fourth-order valence-electron chi connectivity index (χ4n) is 5.56. The molecule has 2 aromatic carbocycles. The maximum absolute atomic E-state index is 13.2. The van der Waals surface area contributed by atoms with Gasteiger partial charge in [-0.2, -0.15) is 4.98 Å². The van der Waals surface area contributed by atoms with Crippen molar-refractivity contribution in [3.05, 3.63) is 78.2 Å². The van der Waals surface area contributed by atoms with E-state index in [1.807, 2.05) is 40.6 Å². The zero-order chi connectivity index (χ0) is 29.8. The lowest BCUT2D eigenvalue weighted by Gasteiger charge is -2.42. The van der Waals surface area contributed by atoms with Crippen molar-refractivity contribution in [2.75, 3.05) is 56.9 Å². The Morgan fingerprint density at radius 3 is 2.49 bits per heavy atom. The van der Waals surface area contributed by atoms with Crippen LogP contribution in [0.4, 0.5) is 17.3 Å². The number of piperazine rings is 1. The van der Waals surface area contributed by atoms with Crippen molar-refractivity contribution in [2.45, 2.75) is 18.9 Å². The van der Waals surface area contributed by atoms with E-state index in [1.165, 1.54) is 30.3 Å². The molecule has 0 atom stereocenters. The molecular formula is C32H35N7O3S. The summed E-state index contributed by atoms with van der Waals surface area (Å²) in [5.74, 6) is 1.07. The number of carbonyl (C=O) groups excluding carboxylic acids is 2. The van der Waals surface area contributed by atoms with Gasteiger partial charge in [0.25, 0.3) is 5.91 Å². The molecule has 2 N–H and O–H groups in total. The van der Waals surface area contributed by atoms with E-state index in [4.69, 9.17) is 4.74 Å². The van der Waals surface area contributed by atoms with E-state index < -0.39 is 0 Å². The monoisotopic (exact) mass is 597 g/mol. The Kier molecular flexibility index (Phi) is 8.64. The van der Waals surface area contributed by atoms with Gasteiger partial charge >= 0.3 is 0 Å². The zero-order valence-electron chi connectivity index (χ0n) is 24.2. The highest BCUT2D eigenvalue weighted by atomic mass is 32.1. The normalized spacial score (nSPS) is 16.6. The van der Waals surface area contributed by atoms with Gasteiger partial charge in [0.05, 0.1) is 5.52 Å². The molecule has 4 heterocycles. The molecule has 222 valence electrons. The number of piperidine rings is 1. The SMILES string of the molecule is C=CC(=O)Nc1cccc(Oc2nc(Nc3ccc(C(=O)N4CCN(C5CCN(C)CC5)CC4)cc3)nc3ccsc23)c1. The molecule has 2 fully saturated rings. The molecule has 0 unspecified atom stereocenters. The van der Waals surface area contributed by atoms with Gasteiger partial charge < -0.3 is 25.2 Å². The van der Waals surface area contributed by atoms with Crippen LogP contribution in [0.15, 0.2) is 72.6 Å². The summed E-state index contributed by atoms with van der Waals surface area (Å²) in [4.78, 5) is 41.1. The number of thiophene rings is 1. The lowest BCUT2D eigenvalue weighted by molar-refractivity contribution is -0.111. The first-order valence-corrected chi connectivity index (χ1v) is 15.4. The summed E-state index contributed by atoms with van der Waals surface area (Å²) in [7, 11) is 2.19. The average molecular weight is 598 g/mol. The molecule has 0 radical (unpaired) electrons. The minimum Gasteiger partial charge on any atom is -0.437 e. The van der Waals surface area contributed by atoms with Crippen LogP contribution in [0.2, 0.25) is 0 Å². The number of nitrogens with zero attached hydrogens (tertiary/aromatic N) is 5. The first-order chi connectivity index (χ1) is 20.9. The molecule has 2 saturated heterocycles. The zero-order valence-corrected chi connectivity index (χ0v) is 25.0. The van der Waals surface area contributed by atoms with E-state index in [0.29, 0.717) is 34.9 Å². The van der Waals surface area contributed by atoms with Gasteiger partial charge in [0.1, 0.15) is 10.4 Å². The fourth-order valence-corrected chi connectivity index (χ4v) is 6.32. The van der Waals surface area contributed by atoms with Gasteiger partial charge in [-0.3, -0.25) is 14.5 Å². The lowest BCUT2D eigenvalue weighted by atomic mass is 10.0. The van der Waals surface area contributed by atoms with Crippen molar-refractivity contribution in [3.8, 4) is 11.6 Å². The summed E-state index contributed by atoms with van der Waals surface area (Å²) in [6.45, 7) is 9.16. The number of rotatable bonds is 8. The van der Waals surface area contributed by atoms with Crippen molar-refractivity contribution < 1.29 is 14.3 Å². The Hall–Kier alpha value is -4.32. The molecule has 2 amide bonds. The number of amides is 2. The van der Waals surface area contributed by atoms with Crippen molar-refractivity contribution >= 4 is 50.7 Å². The maximum Gasteiger partial charge on any atom is 0.253 e. The molecule has 11 heteroatoms. The largest absolute Gasteiger partial charge is 0.437 e. The van der Waals surface area contributed by atoms with Crippen LogP contribution in [0.1, 0.15) is 23.2 Å². The predicted molar refractivity (Wildman–Crippen MR) is 170 cm³/mol. The fraction of sp³-hybridized carbons (Fsp3) is 0.312. The molecule has 2 aliphatic heterocycles. The highest BCUT2D eigenvalue weighted by Gasteiger charge is 2.28. The van der Waals surface area contributed by atoms with E-state index in [0.717, 1.165) is 55.2 Å². The van der Waals surface area contributed by atoms with Crippen LogP contribution in [-0.2, 0) is 4.79 Å². The van der Waals surface area contributed by atoms with Gasteiger partial charge in [0, 0.05) is 55.2 Å². The molecular weight excluding hydrogens is 562 g/mol. The Morgan fingerprint density at radius 1 is 0.977 bits per heavy atom. The number of likely N-dealkylation sites (tertiary alicyclic amines) is 1. The number of aromatic nitrogens is 2. The third-order valence-electron chi connectivity index (χ3n) is 7.97. The molecule has 0 bridgehead atoms. The quantitative estimate of drug-likeness (QED) is 0.267. The average Bonchev–Trinajstić information content (AvgIpc) is 3.51. The van der Waals surface area contributed by atoms with Crippen LogP contribution < -0.4 is 15.4 Å². The molecule has 0 saturated carbocycles. The van der Waals surface area contributed by atoms with Gasteiger partial charge in [-0.1, -0.05) is 12.6 Å². The van der Waals surface area contributed by atoms with Crippen LogP contribution in [0.25, 0.3) is 10.2 Å². The van der Waals surface area contributed by atoms with Crippen LogP contribution in [0.3, 0.4) is 0 Å². The number of carbonyl (C=O) groups is 2. The second-order valence-electron chi connectivity index (χ2n) is 10.9. The third-order valence-corrected chi connectivity index (χ3v) is 8.86. The molecule has 2 aliphatic rings. The molecule has 0 aliphatic carbocycles. The summed E-state index contributed by atoms with van der Waals surface area (Å²) in [6.07, 6.45) is 3.63. The molecule has 43 heavy (non-hydrogen) atoms. The number of nitrogens with one attached hydrogen (secondary N) is 2. The number of hydrogen-bond donors (Lipinski definition) is 2. The van der Waals surface area contributed by atoms with Gasteiger partial charge in [-0.15, -0.1) is 11.3 Å². The number of ether oxygens (including phenoxy) is 1. The van der Waals surface area contributed by atoms with E-state index in [9.17, 15) is 9.59 Å². The highest BCUT2D eigenvalue weighted by molar-refractivity contribution is 7.17. The summed E-state index contributed by atoms with van der Waals surface area (Å²) < 4.78 is 6.95. The Bertz CT molecular complexity index is 1610. The van der Waals surface area contributed by atoms with Gasteiger partial charge in [-0.25, -0.2) is 4.98 Å². The molecule has 10 nitrogen and oxygen atoms in total. The van der Waals surface area contributed by atoms with Crippen LogP contribution in [-0.4, -0.2) is 88.8 Å². The Labute approximate surface area is 255 Å². The molecule has 0 spiro atoms.